The molecule has 1 saturated heterocycles. The molecule has 1 atom stereocenters. The van der Waals surface area contributed by atoms with Crippen molar-refractivity contribution in [3.63, 3.8) is 0 Å². The van der Waals surface area contributed by atoms with Gasteiger partial charge in [-0.25, -0.2) is 0 Å². The SMILES string of the molecule is COc1ccc(-c2ccc3nc(CCN4CCC[C@H]4C)ccc3c2)cc1. The van der Waals surface area contributed by atoms with Gasteiger partial charge in [0.25, 0.3) is 0 Å². The molecule has 1 aliphatic rings. The second kappa shape index (κ2) is 7.46. The first kappa shape index (κ1) is 17.0. The first-order chi connectivity index (χ1) is 12.7. The Morgan fingerprint density at radius 2 is 1.85 bits per heavy atom. The number of rotatable bonds is 5. The average molecular weight is 346 g/mol. The smallest absolute Gasteiger partial charge is 0.118 e. The maximum atomic E-state index is 5.24. The fourth-order valence-electron chi connectivity index (χ4n) is 3.85. The van der Waals surface area contributed by atoms with E-state index in [0.717, 1.165) is 30.3 Å². The van der Waals surface area contributed by atoms with E-state index < -0.39 is 0 Å². The molecule has 0 spiro atoms. The Morgan fingerprint density at radius 1 is 1.04 bits per heavy atom. The largest absolute Gasteiger partial charge is 0.497 e. The molecule has 0 saturated carbocycles. The van der Waals surface area contributed by atoms with E-state index in [1.54, 1.807) is 7.11 Å². The lowest BCUT2D eigenvalue weighted by Crippen LogP contribution is -2.29. The van der Waals surface area contributed by atoms with Crippen LogP contribution in [0.1, 0.15) is 25.5 Å². The van der Waals surface area contributed by atoms with Crippen LogP contribution in [0.2, 0.25) is 0 Å². The van der Waals surface area contributed by atoms with Gasteiger partial charge in [-0.05, 0) is 67.8 Å². The molecule has 3 nitrogen and oxygen atoms in total. The molecule has 0 amide bonds. The topological polar surface area (TPSA) is 25.4 Å². The summed E-state index contributed by atoms with van der Waals surface area (Å²) in [6, 6.07) is 19.8. The summed E-state index contributed by atoms with van der Waals surface area (Å²) in [6.45, 7) is 4.69. The maximum Gasteiger partial charge on any atom is 0.118 e. The van der Waals surface area contributed by atoms with Crippen LogP contribution in [0.4, 0.5) is 0 Å². The van der Waals surface area contributed by atoms with Crippen LogP contribution >= 0.6 is 0 Å². The highest BCUT2D eigenvalue weighted by atomic mass is 16.5. The molecular formula is C23H26N2O. The molecule has 0 aliphatic carbocycles. The molecule has 134 valence electrons. The minimum atomic E-state index is 0.725. The number of nitrogens with zero attached hydrogens (tertiary/aromatic N) is 2. The Kier molecular flexibility index (Phi) is 4.89. The standard InChI is InChI=1S/C23H26N2O/c1-17-4-3-14-25(17)15-13-21-9-5-20-16-19(8-12-23(20)24-21)18-6-10-22(26-2)11-7-18/h5-12,16-17H,3-4,13-15H2,1-2H3/t17-/m1/s1. The summed E-state index contributed by atoms with van der Waals surface area (Å²) in [5.74, 6) is 0.883. The molecule has 0 bridgehead atoms. The molecule has 4 rings (SSSR count). The van der Waals surface area contributed by atoms with Gasteiger partial charge in [-0.3, -0.25) is 4.98 Å². The Morgan fingerprint density at radius 3 is 2.58 bits per heavy atom. The predicted molar refractivity (Wildman–Crippen MR) is 108 cm³/mol. The highest BCUT2D eigenvalue weighted by molar-refractivity contribution is 5.84. The van der Waals surface area contributed by atoms with Gasteiger partial charge in [-0.15, -0.1) is 0 Å². The van der Waals surface area contributed by atoms with Crippen LogP contribution in [0.3, 0.4) is 0 Å². The second-order valence-corrected chi connectivity index (χ2v) is 7.22. The van der Waals surface area contributed by atoms with Crippen molar-refractivity contribution in [2.24, 2.45) is 0 Å². The highest BCUT2D eigenvalue weighted by Gasteiger charge is 2.19. The zero-order valence-corrected chi connectivity index (χ0v) is 15.6. The van der Waals surface area contributed by atoms with Crippen LogP contribution in [-0.4, -0.2) is 36.1 Å². The first-order valence-corrected chi connectivity index (χ1v) is 9.51. The Labute approximate surface area is 155 Å². The number of benzene rings is 2. The third kappa shape index (κ3) is 3.58. The molecule has 3 heteroatoms. The van der Waals surface area contributed by atoms with E-state index in [9.17, 15) is 0 Å². The summed E-state index contributed by atoms with van der Waals surface area (Å²) in [5.41, 5.74) is 4.67. The van der Waals surface area contributed by atoms with Gasteiger partial charge in [0, 0.05) is 30.1 Å². The summed E-state index contributed by atoms with van der Waals surface area (Å²) >= 11 is 0. The minimum absolute atomic E-state index is 0.725. The number of pyridine rings is 1. The van der Waals surface area contributed by atoms with E-state index in [1.807, 2.05) is 12.1 Å². The van der Waals surface area contributed by atoms with Crippen molar-refractivity contribution in [3.05, 3.63) is 60.3 Å². The molecule has 1 aromatic heterocycles. The van der Waals surface area contributed by atoms with Gasteiger partial charge in [0.05, 0.1) is 12.6 Å². The van der Waals surface area contributed by atoms with Crippen molar-refractivity contribution in [1.29, 1.82) is 0 Å². The zero-order valence-electron chi connectivity index (χ0n) is 15.6. The number of methoxy groups -OCH3 is 1. The highest BCUT2D eigenvalue weighted by Crippen LogP contribution is 2.26. The van der Waals surface area contributed by atoms with Crippen molar-refractivity contribution in [3.8, 4) is 16.9 Å². The third-order valence-corrected chi connectivity index (χ3v) is 5.52. The molecule has 2 heterocycles. The van der Waals surface area contributed by atoms with E-state index in [-0.39, 0.29) is 0 Å². The van der Waals surface area contributed by atoms with E-state index >= 15 is 0 Å². The molecule has 1 aliphatic heterocycles. The number of hydrogen-bond donors (Lipinski definition) is 0. The molecule has 0 radical (unpaired) electrons. The number of ether oxygens (including phenoxy) is 1. The fraction of sp³-hybridized carbons (Fsp3) is 0.348. The third-order valence-electron chi connectivity index (χ3n) is 5.52. The van der Waals surface area contributed by atoms with Crippen molar-refractivity contribution in [2.75, 3.05) is 20.2 Å². The lowest BCUT2D eigenvalue weighted by molar-refractivity contribution is 0.271. The number of fused-ring (bicyclic) bond motifs is 1. The Bertz CT molecular complexity index is 888. The van der Waals surface area contributed by atoms with Crippen molar-refractivity contribution >= 4 is 10.9 Å². The second-order valence-electron chi connectivity index (χ2n) is 7.22. The molecule has 1 fully saturated rings. The normalized spacial score (nSPS) is 17.7. The predicted octanol–water partition coefficient (Wildman–Crippen LogP) is 4.94. The van der Waals surface area contributed by atoms with E-state index in [0.29, 0.717) is 0 Å². The van der Waals surface area contributed by atoms with Gasteiger partial charge < -0.3 is 9.64 Å². The van der Waals surface area contributed by atoms with Gasteiger partial charge in [0.1, 0.15) is 5.75 Å². The van der Waals surface area contributed by atoms with Crippen molar-refractivity contribution in [1.82, 2.24) is 9.88 Å². The van der Waals surface area contributed by atoms with E-state index in [2.05, 4.69) is 54.3 Å². The first-order valence-electron chi connectivity index (χ1n) is 9.51. The van der Waals surface area contributed by atoms with Gasteiger partial charge in [-0.2, -0.15) is 0 Å². The summed E-state index contributed by atoms with van der Waals surface area (Å²) in [7, 11) is 1.69. The molecule has 0 N–H and O–H groups in total. The lowest BCUT2D eigenvalue weighted by Gasteiger charge is -2.20. The molecular weight excluding hydrogens is 320 g/mol. The summed E-state index contributed by atoms with van der Waals surface area (Å²) in [4.78, 5) is 7.46. The van der Waals surface area contributed by atoms with Crippen molar-refractivity contribution < 1.29 is 4.74 Å². The molecule has 0 unspecified atom stereocenters. The zero-order chi connectivity index (χ0) is 17.9. The van der Waals surface area contributed by atoms with Crippen LogP contribution < -0.4 is 4.74 Å². The van der Waals surface area contributed by atoms with Crippen LogP contribution in [0.15, 0.2) is 54.6 Å². The van der Waals surface area contributed by atoms with Crippen LogP contribution in [0, 0.1) is 0 Å². The van der Waals surface area contributed by atoms with Crippen LogP contribution in [-0.2, 0) is 6.42 Å². The quantitative estimate of drug-likeness (QED) is 0.654. The Hall–Kier alpha value is -2.39. The average Bonchev–Trinajstić information content (AvgIpc) is 3.10. The van der Waals surface area contributed by atoms with E-state index in [4.69, 9.17) is 9.72 Å². The van der Waals surface area contributed by atoms with Gasteiger partial charge in [0.2, 0.25) is 0 Å². The van der Waals surface area contributed by atoms with Gasteiger partial charge in [0.15, 0.2) is 0 Å². The van der Waals surface area contributed by atoms with Crippen molar-refractivity contribution in [2.45, 2.75) is 32.2 Å². The summed E-state index contributed by atoms with van der Waals surface area (Å²) in [5, 5.41) is 1.19. The Balaban J connectivity index is 1.52. The summed E-state index contributed by atoms with van der Waals surface area (Å²) < 4.78 is 5.24. The summed E-state index contributed by atoms with van der Waals surface area (Å²) in [6.07, 6.45) is 3.69. The molecule has 3 aromatic rings. The minimum Gasteiger partial charge on any atom is -0.497 e. The van der Waals surface area contributed by atoms with Crippen LogP contribution in [0.5, 0.6) is 5.75 Å². The van der Waals surface area contributed by atoms with Gasteiger partial charge >= 0.3 is 0 Å². The van der Waals surface area contributed by atoms with Gasteiger partial charge in [-0.1, -0.05) is 24.3 Å². The maximum absolute atomic E-state index is 5.24. The molecule has 26 heavy (non-hydrogen) atoms. The van der Waals surface area contributed by atoms with Crippen LogP contribution in [0.25, 0.3) is 22.0 Å². The number of likely N-dealkylation sites (tertiary alicyclic amines) is 1. The monoisotopic (exact) mass is 346 g/mol. The number of aromatic nitrogens is 1. The van der Waals surface area contributed by atoms with E-state index in [1.165, 1.54) is 41.6 Å². The number of hydrogen-bond acceptors (Lipinski definition) is 3. The fourth-order valence-corrected chi connectivity index (χ4v) is 3.85. The lowest BCUT2D eigenvalue weighted by atomic mass is 10.0. The molecule has 2 aromatic carbocycles.